The fraction of sp³-hybridized carbons (Fsp3) is 0.529. The maximum absolute atomic E-state index is 12.7. The van der Waals surface area contributed by atoms with Crippen molar-refractivity contribution < 1.29 is 0 Å². The van der Waals surface area contributed by atoms with Gasteiger partial charge in [0.2, 0.25) is 0 Å². The highest BCUT2D eigenvalue weighted by atomic mass is 35.5. The molecule has 1 fully saturated rings. The zero-order valence-electron chi connectivity index (χ0n) is 13.6. The van der Waals surface area contributed by atoms with Gasteiger partial charge >= 0.3 is 0 Å². The average molecular weight is 354 g/mol. The lowest BCUT2D eigenvalue weighted by Crippen LogP contribution is -2.40. The Balaban J connectivity index is 2.09. The van der Waals surface area contributed by atoms with Gasteiger partial charge in [-0.2, -0.15) is 0 Å². The molecule has 1 aromatic heterocycles. The molecule has 0 aliphatic carbocycles. The molecule has 0 amide bonds. The van der Waals surface area contributed by atoms with Crippen LogP contribution in [0.4, 0.5) is 0 Å². The highest BCUT2D eigenvalue weighted by Gasteiger charge is 2.26. The van der Waals surface area contributed by atoms with E-state index in [1.54, 1.807) is 23.7 Å². The number of hydrogen-bond acceptors (Lipinski definition) is 3. The molecule has 1 aliphatic heterocycles. The van der Waals surface area contributed by atoms with Crippen LogP contribution in [0.5, 0.6) is 0 Å². The second-order valence-electron chi connectivity index (χ2n) is 6.55. The maximum Gasteiger partial charge on any atom is 0.261 e. The van der Waals surface area contributed by atoms with Gasteiger partial charge in [0, 0.05) is 25.6 Å². The number of likely N-dealkylation sites (tertiary alicyclic amines) is 1. The second-order valence-corrected chi connectivity index (χ2v) is 7.36. The predicted octanol–water partition coefficient (Wildman–Crippen LogP) is 3.83. The van der Waals surface area contributed by atoms with Crippen molar-refractivity contribution in [3.8, 4) is 0 Å². The van der Waals surface area contributed by atoms with Crippen LogP contribution in [-0.4, -0.2) is 33.6 Å². The number of fused-ring (bicyclic) bond motifs is 1. The van der Waals surface area contributed by atoms with Gasteiger partial charge in [0.15, 0.2) is 0 Å². The molecule has 0 unspecified atom stereocenters. The lowest BCUT2D eigenvalue weighted by molar-refractivity contribution is 0.163. The first kappa shape index (κ1) is 16.7. The monoisotopic (exact) mass is 353 g/mol. The smallest absolute Gasteiger partial charge is 0.261 e. The van der Waals surface area contributed by atoms with Crippen LogP contribution in [0.1, 0.15) is 38.4 Å². The molecule has 0 radical (unpaired) electrons. The van der Waals surface area contributed by atoms with E-state index in [2.05, 4.69) is 18.7 Å². The van der Waals surface area contributed by atoms with E-state index in [1.807, 2.05) is 0 Å². The number of halogens is 2. The van der Waals surface area contributed by atoms with Crippen molar-refractivity contribution in [1.82, 2.24) is 14.5 Å². The molecule has 1 aliphatic rings. The largest absolute Gasteiger partial charge is 0.300 e. The third-order valence-electron chi connectivity index (χ3n) is 4.70. The quantitative estimate of drug-likeness (QED) is 0.823. The van der Waals surface area contributed by atoms with Gasteiger partial charge in [0.25, 0.3) is 5.56 Å². The van der Waals surface area contributed by atoms with Crippen molar-refractivity contribution >= 4 is 34.1 Å². The van der Waals surface area contributed by atoms with Gasteiger partial charge < -0.3 is 4.90 Å². The Kier molecular flexibility index (Phi) is 4.68. The molecule has 124 valence electrons. The molecule has 4 nitrogen and oxygen atoms in total. The summed E-state index contributed by atoms with van der Waals surface area (Å²) in [5, 5.41) is 1.33. The van der Waals surface area contributed by atoms with Gasteiger partial charge in [-0.1, -0.05) is 23.2 Å². The number of hydrogen-bond donors (Lipinski definition) is 0. The maximum atomic E-state index is 12.7. The van der Waals surface area contributed by atoms with Gasteiger partial charge in [-0.15, -0.1) is 0 Å². The Labute approximate surface area is 146 Å². The van der Waals surface area contributed by atoms with Crippen LogP contribution in [0.3, 0.4) is 0 Å². The van der Waals surface area contributed by atoms with E-state index >= 15 is 0 Å². The van der Waals surface area contributed by atoms with Crippen molar-refractivity contribution in [3.05, 3.63) is 38.4 Å². The summed E-state index contributed by atoms with van der Waals surface area (Å²) in [6.07, 6.45) is 2.18. The first-order valence-electron chi connectivity index (χ1n) is 7.98. The van der Waals surface area contributed by atoms with E-state index in [0.29, 0.717) is 27.0 Å². The standard InChI is InChI=1S/C17H21Cl2N3O/c1-10(2)22-6-4-5-11(9-22)16-20-15-8-14(19)13(18)7-12(15)17(23)21(16)3/h7-8,10-11H,4-6,9H2,1-3H3/t11-/m0/s1. The Morgan fingerprint density at radius 2 is 1.96 bits per heavy atom. The second kappa shape index (κ2) is 6.42. The molecule has 3 rings (SSSR count). The minimum absolute atomic E-state index is 0.0646. The number of nitrogens with zero attached hydrogens (tertiary/aromatic N) is 3. The SMILES string of the molecule is CC(C)N1CCC[C@H](c2nc3cc(Cl)c(Cl)cc3c(=O)n2C)C1. The van der Waals surface area contributed by atoms with Crippen LogP contribution in [0.25, 0.3) is 10.9 Å². The van der Waals surface area contributed by atoms with Gasteiger partial charge in [0.1, 0.15) is 5.82 Å². The summed E-state index contributed by atoms with van der Waals surface area (Å²) in [5.41, 5.74) is 0.560. The fourth-order valence-electron chi connectivity index (χ4n) is 3.33. The summed E-state index contributed by atoms with van der Waals surface area (Å²) in [7, 11) is 1.79. The highest BCUT2D eigenvalue weighted by molar-refractivity contribution is 6.42. The van der Waals surface area contributed by atoms with E-state index in [4.69, 9.17) is 28.2 Å². The van der Waals surface area contributed by atoms with Crippen LogP contribution >= 0.6 is 23.2 Å². The number of benzene rings is 1. The minimum Gasteiger partial charge on any atom is -0.300 e. The van der Waals surface area contributed by atoms with Crippen molar-refractivity contribution in [2.24, 2.45) is 7.05 Å². The molecule has 0 bridgehead atoms. The molecule has 0 saturated carbocycles. The summed E-state index contributed by atoms with van der Waals surface area (Å²) in [6, 6.07) is 3.80. The molecule has 1 saturated heterocycles. The third kappa shape index (κ3) is 3.12. The van der Waals surface area contributed by atoms with Crippen molar-refractivity contribution in [3.63, 3.8) is 0 Å². The van der Waals surface area contributed by atoms with Crippen LogP contribution in [0, 0.1) is 0 Å². The lowest BCUT2D eigenvalue weighted by atomic mass is 9.95. The van der Waals surface area contributed by atoms with Gasteiger partial charge in [0.05, 0.1) is 20.9 Å². The molecule has 1 atom stereocenters. The highest BCUT2D eigenvalue weighted by Crippen LogP contribution is 2.29. The van der Waals surface area contributed by atoms with Crippen molar-refractivity contribution in [2.45, 2.75) is 38.6 Å². The fourth-order valence-corrected chi connectivity index (χ4v) is 3.66. The number of piperidine rings is 1. The summed E-state index contributed by atoms with van der Waals surface area (Å²) in [5.74, 6) is 1.11. The predicted molar refractivity (Wildman–Crippen MR) is 95.7 cm³/mol. The summed E-state index contributed by atoms with van der Waals surface area (Å²) < 4.78 is 1.67. The number of rotatable bonds is 2. The Morgan fingerprint density at radius 3 is 2.65 bits per heavy atom. The van der Waals surface area contributed by atoms with E-state index in [0.717, 1.165) is 31.8 Å². The molecule has 23 heavy (non-hydrogen) atoms. The van der Waals surface area contributed by atoms with E-state index < -0.39 is 0 Å². The van der Waals surface area contributed by atoms with Crippen LogP contribution in [-0.2, 0) is 7.05 Å². The first-order valence-corrected chi connectivity index (χ1v) is 8.73. The molecule has 0 spiro atoms. The topological polar surface area (TPSA) is 38.1 Å². The Hall–Kier alpha value is -1.10. The van der Waals surface area contributed by atoms with Gasteiger partial charge in [-0.05, 0) is 45.4 Å². The summed E-state index contributed by atoms with van der Waals surface area (Å²) in [4.78, 5) is 19.9. The van der Waals surface area contributed by atoms with Crippen LogP contribution < -0.4 is 5.56 Å². The minimum atomic E-state index is -0.0646. The normalized spacial score (nSPS) is 19.7. The molecular weight excluding hydrogens is 333 g/mol. The molecule has 2 heterocycles. The van der Waals surface area contributed by atoms with Crippen LogP contribution in [0.2, 0.25) is 10.0 Å². The molecular formula is C17H21Cl2N3O. The van der Waals surface area contributed by atoms with E-state index in [1.165, 1.54) is 0 Å². The van der Waals surface area contributed by atoms with Gasteiger partial charge in [-0.25, -0.2) is 4.98 Å². The lowest BCUT2D eigenvalue weighted by Gasteiger charge is -2.35. The van der Waals surface area contributed by atoms with Crippen molar-refractivity contribution in [1.29, 1.82) is 0 Å². The molecule has 0 N–H and O–H groups in total. The van der Waals surface area contributed by atoms with Gasteiger partial charge in [-0.3, -0.25) is 9.36 Å². The summed E-state index contributed by atoms with van der Waals surface area (Å²) >= 11 is 12.1. The Morgan fingerprint density at radius 1 is 1.26 bits per heavy atom. The van der Waals surface area contributed by atoms with E-state index in [9.17, 15) is 4.79 Å². The molecule has 6 heteroatoms. The third-order valence-corrected chi connectivity index (χ3v) is 5.42. The summed E-state index contributed by atoms with van der Waals surface area (Å²) in [6.45, 7) is 6.45. The molecule has 2 aromatic rings. The first-order chi connectivity index (χ1) is 10.9. The van der Waals surface area contributed by atoms with E-state index in [-0.39, 0.29) is 11.5 Å². The van der Waals surface area contributed by atoms with Crippen molar-refractivity contribution in [2.75, 3.05) is 13.1 Å². The Bertz CT molecular complexity index is 801. The zero-order valence-corrected chi connectivity index (χ0v) is 15.2. The number of aromatic nitrogens is 2. The molecule has 1 aromatic carbocycles. The average Bonchev–Trinajstić information content (AvgIpc) is 2.53. The zero-order chi connectivity index (χ0) is 16.7. The van der Waals surface area contributed by atoms with Crippen LogP contribution in [0.15, 0.2) is 16.9 Å².